The molecular weight excluding hydrogens is 226 g/mol. The second-order valence-corrected chi connectivity index (χ2v) is 5.28. The number of likely N-dealkylation sites (tertiary alicyclic amines) is 1. The molecule has 3 heteroatoms. The lowest BCUT2D eigenvalue weighted by Gasteiger charge is -2.21. The standard InChI is InChI=1S/C15H21NO2/c1-11-5-4-9-16(10-8-11)15(18)13-6-3-7-14(17)12(13)2/h3,6-7,11,17H,4-5,8-10H2,1-2H3. The van der Waals surface area contributed by atoms with Crippen molar-refractivity contribution in [3.63, 3.8) is 0 Å². The smallest absolute Gasteiger partial charge is 0.254 e. The number of hydrogen-bond donors (Lipinski definition) is 1. The van der Waals surface area contributed by atoms with E-state index in [0.29, 0.717) is 17.0 Å². The van der Waals surface area contributed by atoms with Gasteiger partial charge in [0.2, 0.25) is 0 Å². The summed E-state index contributed by atoms with van der Waals surface area (Å²) in [7, 11) is 0. The zero-order valence-electron chi connectivity index (χ0n) is 11.1. The van der Waals surface area contributed by atoms with Crippen LogP contribution in [0.1, 0.15) is 42.1 Å². The zero-order valence-corrected chi connectivity index (χ0v) is 11.1. The fourth-order valence-corrected chi connectivity index (χ4v) is 2.49. The molecular formula is C15H21NO2. The van der Waals surface area contributed by atoms with Crippen molar-refractivity contribution in [2.24, 2.45) is 5.92 Å². The summed E-state index contributed by atoms with van der Waals surface area (Å²) in [6.45, 7) is 5.70. The lowest BCUT2D eigenvalue weighted by molar-refractivity contribution is 0.0759. The molecule has 0 bridgehead atoms. The van der Waals surface area contributed by atoms with Gasteiger partial charge in [-0.25, -0.2) is 0 Å². The quantitative estimate of drug-likeness (QED) is 0.828. The highest BCUT2D eigenvalue weighted by atomic mass is 16.3. The lowest BCUT2D eigenvalue weighted by atomic mass is 10.0. The molecule has 1 aliphatic heterocycles. The average molecular weight is 247 g/mol. The first kappa shape index (κ1) is 12.9. The number of benzene rings is 1. The first-order chi connectivity index (χ1) is 8.59. The maximum absolute atomic E-state index is 12.4. The molecule has 3 nitrogen and oxygen atoms in total. The van der Waals surface area contributed by atoms with Gasteiger partial charge < -0.3 is 10.0 Å². The second kappa shape index (κ2) is 5.42. The Morgan fingerprint density at radius 1 is 1.33 bits per heavy atom. The maximum Gasteiger partial charge on any atom is 0.254 e. The predicted octanol–water partition coefficient (Wildman–Crippen LogP) is 2.96. The summed E-state index contributed by atoms with van der Waals surface area (Å²) >= 11 is 0. The molecule has 1 fully saturated rings. The minimum Gasteiger partial charge on any atom is -0.508 e. The van der Waals surface area contributed by atoms with Crippen molar-refractivity contribution in [2.45, 2.75) is 33.1 Å². The van der Waals surface area contributed by atoms with Gasteiger partial charge in [-0.2, -0.15) is 0 Å². The van der Waals surface area contributed by atoms with E-state index in [1.165, 1.54) is 6.42 Å². The highest BCUT2D eigenvalue weighted by molar-refractivity contribution is 5.96. The number of phenolic OH excluding ortho intramolecular Hbond substituents is 1. The topological polar surface area (TPSA) is 40.5 Å². The molecule has 0 saturated carbocycles. The van der Waals surface area contributed by atoms with E-state index >= 15 is 0 Å². The largest absolute Gasteiger partial charge is 0.508 e. The fourth-order valence-electron chi connectivity index (χ4n) is 2.49. The molecule has 1 amide bonds. The van der Waals surface area contributed by atoms with Crippen LogP contribution in [0.5, 0.6) is 5.75 Å². The van der Waals surface area contributed by atoms with Crippen LogP contribution < -0.4 is 0 Å². The van der Waals surface area contributed by atoms with E-state index in [-0.39, 0.29) is 11.7 Å². The van der Waals surface area contributed by atoms with E-state index in [4.69, 9.17) is 0 Å². The van der Waals surface area contributed by atoms with Gasteiger partial charge in [-0.15, -0.1) is 0 Å². The molecule has 0 radical (unpaired) electrons. The van der Waals surface area contributed by atoms with Gasteiger partial charge in [0.05, 0.1) is 0 Å². The van der Waals surface area contributed by atoms with E-state index in [1.807, 2.05) is 4.90 Å². The molecule has 1 unspecified atom stereocenters. The zero-order chi connectivity index (χ0) is 13.1. The molecule has 1 aliphatic rings. The third kappa shape index (κ3) is 2.66. The normalized spacial score (nSPS) is 20.6. The predicted molar refractivity (Wildman–Crippen MR) is 71.8 cm³/mol. The van der Waals surface area contributed by atoms with Crippen LogP contribution >= 0.6 is 0 Å². The Labute approximate surface area is 108 Å². The van der Waals surface area contributed by atoms with E-state index in [9.17, 15) is 9.90 Å². The Morgan fingerprint density at radius 2 is 2.11 bits per heavy atom. The molecule has 1 saturated heterocycles. The van der Waals surface area contributed by atoms with E-state index < -0.39 is 0 Å². The monoisotopic (exact) mass is 247 g/mol. The van der Waals surface area contributed by atoms with Gasteiger partial charge in [-0.3, -0.25) is 4.79 Å². The third-order valence-corrected chi connectivity index (χ3v) is 3.84. The van der Waals surface area contributed by atoms with Crippen molar-refractivity contribution in [3.05, 3.63) is 29.3 Å². The van der Waals surface area contributed by atoms with E-state index in [1.54, 1.807) is 25.1 Å². The fraction of sp³-hybridized carbons (Fsp3) is 0.533. The molecule has 1 heterocycles. The molecule has 0 aromatic heterocycles. The van der Waals surface area contributed by atoms with Gasteiger partial charge in [0.1, 0.15) is 5.75 Å². The maximum atomic E-state index is 12.4. The van der Waals surface area contributed by atoms with Gasteiger partial charge >= 0.3 is 0 Å². The summed E-state index contributed by atoms with van der Waals surface area (Å²) in [4.78, 5) is 14.4. The van der Waals surface area contributed by atoms with Gasteiger partial charge in [-0.1, -0.05) is 13.0 Å². The highest BCUT2D eigenvalue weighted by Gasteiger charge is 2.21. The van der Waals surface area contributed by atoms with Crippen molar-refractivity contribution in [2.75, 3.05) is 13.1 Å². The van der Waals surface area contributed by atoms with Crippen LogP contribution in [-0.4, -0.2) is 29.0 Å². The number of carbonyl (C=O) groups excluding carboxylic acids is 1. The van der Waals surface area contributed by atoms with Crippen LogP contribution in [-0.2, 0) is 0 Å². The Morgan fingerprint density at radius 3 is 2.89 bits per heavy atom. The molecule has 2 rings (SSSR count). The number of phenols is 1. The Bertz CT molecular complexity index is 442. The van der Waals surface area contributed by atoms with Crippen LogP contribution in [0, 0.1) is 12.8 Å². The van der Waals surface area contributed by atoms with Crippen LogP contribution in [0.3, 0.4) is 0 Å². The molecule has 1 aromatic carbocycles. The average Bonchev–Trinajstić information content (AvgIpc) is 2.57. The molecule has 0 aliphatic carbocycles. The van der Waals surface area contributed by atoms with E-state index in [0.717, 1.165) is 25.9 Å². The Kier molecular flexibility index (Phi) is 3.90. The molecule has 98 valence electrons. The van der Waals surface area contributed by atoms with Crippen LogP contribution in [0.25, 0.3) is 0 Å². The first-order valence-corrected chi connectivity index (χ1v) is 6.67. The van der Waals surface area contributed by atoms with Gasteiger partial charge in [0.15, 0.2) is 0 Å². The van der Waals surface area contributed by atoms with Crippen molar-refractivity contribution in [1.82, 2.24) is 4.90 Å². The molecule has 1 aromatic rings. The van der Waals surface area contributed by atoms with Gasteiger partial charge in [0, 0.05) is 24.2 Å². The van der Waals surface area contributed by atoms with E-state index in [2.05, 4.69) is 6.92 Å². The lowest BCUT2D eigenvalue weighted by Crippen LogP contribution is -2.32. The number of hydrogen-bond acceptors (Lipinski definition) is 2. The Balaban J connectivity index is 2.18. The summed E-state index contributed by atoms with van der Waals surface area (Å²) in [6, 6.07) is 5.15. The second-order valence-electron chi connectivity index (χ2n) is 5.28. The molecule has 1 N–H and O–H groups in total. The summed E-state index contributed by atoms with van der Waals surface area (Å²) < 4.78 is 0. The van der Waals surface area contributed by atoms with Crippen molar-refractivity contribution in [3.8, 4) is 5.75 Å². The van der Waals surface area contributed by atoms with Gasteiger partial charge in [0.25, 0.3) is 5.91 Å². The SMILES string of the molecule is Cc1c(O)cccc1C(=O)N1CCCC(C)CC1. The Hall–Kier alpha value is -1.51. The van der Waals surface area contributed by atoms with Crippen molar-refractivity contribution in [1.29, 1.82) is 0 Å². The van der Waals surface area contributed by atoms with Crippen molar-refractivity contribution >= 4 is 5.91 Å². The number of carbonyl (C=O) groups is 1. The number of rotatable bonds is 1. The summed E-state index contributed by atoms with van der Waals surface area (Å²) in [5.74, 6) is 0.953. The number of amides is 1. The van der Waals surface area contributed by atoms with Crippen LogP contribution in [0.4, 0.5) is 0 Å². The van der Waals surface area contributed by atoms with Crippen LogP contribution in [0.2, 0.25) is 0 Å². The highest BCUT2D eigenvalue weighted by Crippen LogP contribution is 2.23. The molecule has 18 heavy (non-hydrogen) atoms. The number of nitrogens with zero attached hydrogens (tertiary/aromatic N) is 1. The number of aromatic hydroxyl groups is 1. The molecule has 0 spiro atoms. The summed E-state index contributed by atoms with van der Waals surface area (Å²) in [6.07, 6.45) is 3.34. The first-order valence-electron chi connectivity index (χ1n) is 6.67. The van der Waals surface area contributed by atoms with Gasteiger partial charge in [-0.05, 0) is 44.2 Å². The summed E-state index contributed by atoms with van der Waals surface area (Å²) in [5, 5.41) is 9.67. The summed E-state index contributed by atoms with van der Waals surface area (Å²) in [5.41, 5.74) is 1.31. The van der Waals surface area contributed by atoms with Crippen molar-refractivity contribution < 1.29 is 9.90 Å². The van der Waals surface area contributed by atoms with Crippen LogP contribution in [0.15, 0.2) is 18.2 Å². The minimum absolute atomic E-state index is 0.0532. The third-order valence-electron chi connectivity index (χ3n) is 3.84. The molecule has 1 atom stereocenters. The minimum atomic E-state index is 0.0532.